The van der Waals surface area contributed by atoms with E-state index >= 15 is 0 Å². The molecule has 30 heavy (non-hydrogen) atoms. The molecule has 1 aromatic carbocycles. The van der Waals surface area contributed by atoms with Crippen LogP contribution in [0.25, 0.3) is 10.8 Å². The first-order valence-corrected chi connectivity index (χ1v) is 10.7. The summed E-state index contributed by atoms with van der Waals surface area (Å²) in [7, 11) is 0. The maximum atomic E-state index is 11.2. The van der Waals surface area contributed by atoms with Gasteiger partial charge in [-0.15, -0.1) is 11.3 Å². The third-order valence-corrected chi connectivity index (χ3v) is 5.68. The summed E-state index contributed by atoms with van der Waals surface area (Å²) in [6.07, 6.45) is 4.04. The molecule has 0 amide bonds. The van der Waals surface area contributed by atoms with Crippen molar-refractivity contribution in [2.45, 2.75) is 46.3 Å². The second-order valence-electron chi connectivity index (χ2n) is 6.72. The van der Waals surface area contributed by atoms with Crippen molar-refractivity contribution in [3.63, 3.8) is 0 Å². The lowest BCUT2D eigenvalue weighted by molar-refractivity contribution is -0.149. The third kappa shape index (κ3) is 5.61. The van der Waals surface area contributed by atoms with Gasteiger partial charge in [-0.05, 0) is 43.5 Å². The number of aryl methyl sites for hydroxylation is 2. The molecule has 0 aliphatic rings. The van der Waals surface area contributed by atoms with E-state index in [4.69, 9.17) is 9.47 Å². The number of aliphatic carboxylic acids is 1. The first-order valence-electron chi connectivity index (χ1n) is 9.83. The lowest BCUT2D eigenvalue weighted by Gasteiger charge is -2.12. The first-order chi connectivity index (χ1) is 14.5. The van der Waals surface area contributed by atoms with Crippen molar-refractivity contribution in [2.75, 3.05) is 6.61 Å². The summed E-state index contributed by atoms with van der Waals surface area (Å²) < 4.78 is 11.2. The number of thiazole rings is 1. The van der Waals surface area contributed by atoms with Gasteiger partial charge in [-0.2, -0.15) is 0 Å². The smallest absolute Gasteiger partial charge is 0.333 e. The first kappa shape index (κ1) is 21.9. The molecular formula is C22H25N3O4S. The summed E-state index contributed by atoms with van der Waals surface area (Å²) in [6, 6.07) is 7.39. The zero-order chi connectivity index (χ0) is 21.5. The topological polar surface area (TPSA) is 94.4 Å². The fourth-order valence-corrected chi connectivity index (χ4v) is 3.73. The number of hydrogen-bond acceptors (Lipinski definition) is 7. The Morgan fingerprint density at radius 1 is 1.13 bits per heavy atom. The minimum atomic E-state index is -0.957. The number of ether oxygens (including phenoxy) is 2. The number of nitrogens with zero attached hydrogens (tertiary/aromatic N) is 3. The van der Waals surface area contributed by atoms with E-state index in [2.05, 4.69) is 21.9 Å². The maximum Gasteiger partial charge on any atom is 0.333 e. The average molecular weight is 428 g/mol. The Hall–Kier alpha value is -2.84. The summed E-state index contributed by atoms with van der Waals surface area (Å²) in [5.74, 6) is 0.375. The Bertz CT molecular complexity index is 971. The molecule has 0 fully saturated rings. The van der Waals surface area contributed by atoms with E-state index in [1.54, 1.807) is 6.92 Å². The fourth-order valence-electron chi connectivity index (χ4n) is 2.81. The minimum absolute atomic E-state index is 0.317. The second-order valence-corrected chi connectivity index (χ2v) is 7.80. The summed E-state index contributed by atoms with van der Waals surface area (Å²) in [4.78, 5) is 25.6. The van der Waals surface area contributed by atoms with E-state index in [0.29, 0.717) is 31.2 Å². The van der Waals surface area contributed by atoms with Crippen LogP contribution in [0, 0.1) is 6.92 Å². The molecule has 0 aliphatic carbocycles. The molecule has 0 spiro atoms. The zero-order valence-corrected chi connectivity index (χ0v) is 18.1. The van der Waals surface area contributed by atoms with Gasteiger partial charge in [-0.1, -0.05) is 19.1 Å². The molecule has 8 heteroatoms. The molecule has 2 aromatic heterocycles. The van der Waals surface area contributed by atoms with Crippen molar-refractivity contribution in [2.24, 2.45) is 0 Å². The Labute approximate surface area is 179 Å². The zero-order valence-electron chi connectivity index (χ0n) is 17.3. The maximum absolute atomic E-state index is 11.2. The van der Waals surface area contributed by atoms with Crippen LogP contribution in [-0.2, 0) is 29.0 Å². The minimum Gasteiger partial charge on any atom is -0.488 e. The molecular weight excluding hydrogens is 402 g/mol. The van der Waals surface area contributed by atoms with Crippen LogP contribution in [0.3, 0.4) is 0 Å². The number of carbonyl (C=O) groups is 1. The van der Waals surface area contributed by atoms with Crippen molar-refractivity contribution < 1.29 is 19.4 Å². The van der Waals surface area contributed by atoms with Crippen LogP contribution in [0.2, 0.25) is 0 Å². The molecule has 3 rings (SSSR count). The summed E-state index contributed by atoms with van der Waals surface area (Å²) >= 11 is 1.52. The summed E-state index contributed by atoms with van der Waals surface area (Å²) in [6.45, 7) is 6.56. The van der Waals surface area contributed by atoms with Crippen LogP contribution in [0.5, 0.6) is 5.75 Å². The Morgan fingerprint density at radius 3 is 2.43 bits per heavy atom. The van der Waals surface area contributed by atoms with E-state index in [1.165, 1.54) is 11.3 Å². The summed E-state index contributed by atoms with van der Waals surface area (Å²) in [5.41, 5.74) is 2.87. The molecule has 2 heterocycles. The number of benzene rings is 1. The van der Waals surface area contributed by atoms with Crippen LogP contribution < -0.4 is 4.74 Å². The number of carboxylic acid groups (broad SMARTS) is 1. The van der Waals surface area contributed by atoms with Gasteiger partial charge in [0.05, 0.1) is 10.6 Å². The highest BCUT2D eigenvalue weighted by molar-refractivity contribution is 7.15. The van der Waals surface area contributed by atoms with Gasteiger partial charge >= 0.3 is 5.97 Å². The molecule has 1 unspecified atom stereocenters. The predicted octanol–water partition coefficient (Wildman–Crippen LogP) is 4.08. The SMILES string of the molecule is CCOC(Cc1ccc(OCc2sc(-c3ncc(CC)cn3)nc2C)cc1)C(=O)O. The normalized spacial score (nSPS) is 12.0. The Balaban J connectivity index is 1.61. The van der Waals surface area contributed by atoms with Crippen molar-refractivity contribution >= 4 is 17.3 Å². The van der Waals surface area contributed by atoms with Crippen molar-refractivity contribution in [1.29, 1.82) is 0 Å². The fraction of sp³-hybridized carbons (Fsp3) is 0.364. The van der Waals surface area contributed by atoms with Gasteiger partial charge in [0.1, 0.15) is 12.4 Å². The molecule has 0 bridgehead atoms. The highest BCUT2D eigenvalue weighted by atomic mass is 32.1. The number of hydrogen-bond donors (Lipinski definition) is 1. The molecule has 0 radical (unpaired) electrons. The van der Waals surface area contributed by atoms with E-state index < -0.39 is 12.1 Å². The van der Waals surface area contributed by atoms with E-state index in [0.717, 1.165) is 33.1 Å². The number of aromatic nitrogens is 3. The van der Waals surface area contributed by atoms with Crippen LogP contribution >= 0.6 is 11.3 Å². The van der Waals surface area contributed by atoms with E-state index in [-0.39, 0.29) is 0 Å². The predicted molar refractivity (Wildman–Crippen MR) is 115 cm³/mol. The summed E-state index contributed by atoms with van der Waals surface area (Å²) in [5, 5.41) is 9.98. The van der Waals surface area contributed by atoms with E-state index in [1.807, 2.05) is 43.6 Å². The van der Waals surface area contributed by atoms with Crippen molar-refractivity contribution in [3.8, 4) is 16.6 Å². The molecule has 1 atom stereocenters. The van der Waals surface area contributed by atoms with Gasteiger partial charge in [0.25, 0.3) is 0 Å². The van der Waals surface area contributed by atoms with Gasteiger partial charge in [0, 0.05) is 25.4 Å². The Kier molecular flexibility index (Phi) is 7.48. The van der Waals surface area contributed by atoms with Gasteiger partial charge in [0.2, 0.25) is 0 Å². The van der Waals surface area contributed by atoms with Crippen LogP contribution in [0.1, 0.15) is 35.5 Å². The number of carboxylic acids is 1. The van der Waals surface area contributed by atoms with Crippen LogP contribution in [-0.4, -0.2) is 38.7 Å². The quantitative estimate of drug-likeness (QED) is 0.521. The van der Waals surface area contributed by atoms with Gasteiger partial charge in [0.15, 0.2) is 16.9 Å². The van der Waals surface area contributed by atoms with Gasteiger partial charge < -0.3 is 14.6 Å². The Morgan fingerprint density at radius 2 is 1.83 bits per heavy atom. The van der Waals surface area contributed by atoms with Gasteiger partial charge in [-0.3, -0.25) is 0 Å². The molecule has 0 saturated heterocycles. The van der Waals surface area contributed by atoms with Crippen LogP contribution in [0.15, 0.2) is 36.7 Å². The molecule has 0 aliphatic heterocycles. The molecule has 158 valence electrons. The van der Waals surface area contributed by atoms with Gasteiger partial charge in [-0.25, -0.2) is 19.7 Å². The molecule has 0 saturated carbocycles. The highest BCUT2D eigenvalue weighted by Crippen LogP contribution is 2.27. The highest BCUT2D eigenvalue weighted by Gasteiger charge is 2.18. The lowest BCUT2D eigenvalue weighted by atomic mass is 10.1. The average Bonchev–Trinajstić information content (AvgIpc) is 3.13. The molecule has 3 aromatic rings. The largest absolute Gasteiger partial charge is 0.488 e. The van der Waals surface area contributed by atoms with Crippen molar-refractivity contribution in [1.82, 2.24) is 15.0 Å². The standard InChI is InChI=1S/C22H25N3O4S/c1-4-15-11-23-20(24-12-15)21-25-14(3)19(30-21)13-29-17-8-6-16(7-9-17)10-18(22(26)27)28-5-2/h6-9,11-12,18H,4-5,10,13H2,1-3H3,(H,26,27). The second kappa shape index (κ2) is 10.3. The van der Waals surface area contributed by atoms with Crippen LogP contribution in [0.4, 0.5) is 0 Å². The number of rotatable bonds is 10. The molecule has 1 N–H and O–H groups in total. The molecule has 7 nitrogen and oxygen atoms in total. The van der Waals surface area contributed by atoms with E-state index in [9.17, 15) is 9.90 Å². The lowest BCUT2D eigenvalue weighted by Crippen LogP contribution is -2.26. The third-order valence-electron chi connectivity index (χ3n) is 4.56. The monoisotopic (exact) mass is 427 g/mol. The van der Waals surface area contributed by atoms with Crippen molar-refractivity contribution in [3.05, 3.63) is 58.4 Å².